The van der Waals surface area contributed by atoms with E-state index in [9.17, 15) is 5.11 Å². The number of ether oxygens (including phenoxy) is 1. The lowest BCUT2D eigenvalue weighted by Gasteiger charge is -2.26. The summed E-state index contributed by atoms with van der Waals surface area (Å²) in [5, 5.41) is 12.6. The normalized spacial score (nSPS) is 18.2. The van der Waals surface area contributed by atoms with E-state index >= 15 is 0 Å². The maximum atomic E-state index is 10.1. The van der Waals surface area contributed by atoms with Gasteiger partial charge in [0.05, 0.1) is 6.10 Å². The van der Waals surface area contributed by atoms with Crippen LogP contribution in [0.15, 0.2) is 9.98 Å². The molecule has 0 spiro atoms. The van der Waals surface area contributed by atoms with Gasteiger partial charge in [0.2, 0.25) is 0 Å². The highest BCUT2D eigenvalue weighted by Crippen LogP contribution is 2.30. The summed E-state index contributed by atoms with van der Waals surface area (Å²) in [5.41, 5.74) is -1.02. The second-order valence-electron chi connectivity index (χ2n) is 3.00. The van der Waals surface area contributed by atoms with Crippen LogP contribution < -0.4 is 0 Å². The monoisotopic (exact) mass is 265 g/mol. The van der Waals surface area contributed by atoms with E-state index in [1.54, 1.807) is 14.0 Å². The Morgan fingerprint density at radius 1 is 1.77 bits per heavy atom. The van der Waals surface area contributed by atoms with Crippen molar-refractivity contribution >= 4 is 27.3 Å². The SMILES string of the molecule is COC(C)C(C)(O)c1nc(Br)cs1. The van der Waals surface area contributed by atoms with Crippen LogP contribution in [0.3, 0.4) is 0 Å². The van der Waals surface area contributed by atoms with Crippen LogP contribution in [0, 0.1) is 0 Å². The van der Waals surface area contributed by atoms with Crippen LogP contribution in [0.1, 0.15) is 18.9 Å². The van der Waals surface area contributed by atoms with Crippen molar-refractivity contribution in [3.05, 3.63) is 15.0 Å². The average molecular weight is 266 g/mol. The van der Waals surface area contributed by atoms with Crippen molar-refractivity contribution in [1.29, 1.82) is 0 Å². The molecule has 0 radical (unpaired) electrons. The van der Waals surface area contributed by atoms with Crippen LogP contribution in [-0.4, -0.2) is 23.3 Å². The molecule has 0 bridgehead atoms. The van der Waals surface area contributed by atoms with Gasteiger partial charge in [0.15, 0.2) is 0 Å². The predicted molar refractivity (Wildman–Crippen MR) is 55.9 cm³/mol. The van der Waals surface area contributed by atoms with E-state index in [4.69, 9.17) is 4.74 Å². The average Bonchev–Trinajstić information content (AvgIpc) is 2.50. The number of nitrogens with zero attached hydrogens (tertiary/aromatic N) is 1. The quantitative estimate of drug-likeness (QED) is 0.911. The van der Waals surface area contributed by atoms with Crippen LogP contribution >= 0.6 is 27.3 Å². The lowest BCUT2D eigenvalue weighted by atomic mass is 10.0. The summed E-state index contributed by atoms with van der Waals surface area (Å²) in [6.45, 7) is 3.52. The first-order chi connectivity index (χ1) is 5.98. The first-order valence-corrected chi connectivity index (χ1v) is 5.52. The summed E-state index contributed by atoms with van der Waals surface area (Å²) in [5.74, 6) is 0. The van der Waals surface area contributed by atoms with E-state index in [0.717, 1.165) is 4.60 Å². The van der Waals surface area contributed by atoms with Gasteiger partial charge in [0.1, 0.15) is 15.2 Å². The summed E-state index contributed by atoms with van der Waals surface area (Å²) in [4.78, 5) is 4.16. The number of halogens is 1. The molecular weight excluding hydrogens is 254 g/mol. The van der Waals surface area contributed by atoms with Gasteiger partial charge < -0.3 is 9.84 Å². The first-order valence-electron chi connectivity index (χ1n) is 3.85. The van der Waals surface area contributed by atoms with Gasteiger partial charge in [-0.1, -0.05) is 0 Å². The Morgan fingerprint density at radius 2 is 2.38 bits per heavy atom. The second-order valence-corrected chi connectivity index (χ2v) is 4.67. The zero-order chi connectivity index (χ0) is 10.1. The summed E-state index contributed by atoms with van der Waals surface area (Å²) >= 11 is 4.66. The van der Waals surface area contributed by atoms with E-state index in [2.05, 4.69) is 20.9 Å². The van der Waals surface area contributed by atoms with Crippen molar-refractivity contribution in [3.8, 4) is 0 Å². The Morgan fingerprint density at radius 3 is 2.77 bits per heavy atom. The summed E-state index contributed by atoms with van der Waals surface area (Å²) in [7, 11) is 1.57. The zero-order valence-electron chi connectivity index (χ0n) is 7.74. The van der Waals surface area contributed by atoms with E-state index in [0.29, 0.717) is 5.01 Å². The highest BCUT2D eigenvalue weighted by atomic mass is 79.9. The third-order valence-electron chi connectivity index (χ3n) is 2.05. The molecule has 0 fully saturated rings. The minimum atomic E-state index is -1.02. The molecule has 13 heavy (non-hydrogen) atoms. The van der Waals surface area contributed by atoms with Gasteiger partial charge in [-0.15, -0.1) is 11.3 Å². The number of hydrogen-bond acceptors (Lipinski definition) is 4. The number of rotatable bonds is 3. The fraction of sp³-hybridized carbons (Fsp3) is 0.625. The fourth-order valence-corrected chi connectivity index (χ4v) is 2.28. The Balaban J connectivity index is 2.92. The number of methoxy groups -OCH3 is 1. The zero-order valence-corrected chi connectivity index (χ0v) is 10.1. The van der Waals surface area contributed by atoms with Crippen molar-refractivity contribution in [1.82, 2.24) is 4.98 Å². The lowest BCUT2D eigenvalue weighted by Crippen LogP contribution is -2.35. The van der Waals surface area contributed by atoms with Gasteiger partial charge in [0.25, 0.3) is 0 Å². The minimum Gasteiger partial charge on any atom is -0.380 e. The summed E-state index contributed by atoms with van der Waals surface area (Å²) < 4.78 is 5.83. The molecule has 1 aromatic rings. The van der Waals surface area contributed by atoms with Gasteiger partial charge in [-0.05, 0) is 29.8 Å². The minimum absolute atomic E-state index is 0.273. The molecule has 3 nitrogen and oxygen atoms in total. The molecule has 2 unspecified atom stereocenters. The standard InChI is InChI=1S/C8H12BrNO2S/c1-5(12-3)8(2,11)7-10-6(9)4-13-7/h4-5,11H,1-3H3. The van der Waals surface area contributed by atoms with Crippen molar-refractivity contribution in [2.24, 2.45) is 0 Å². The second kappa shape index (κ2) is 4.04. The molecule has 1 N–H and O–H groups in total. The molecular formula is C8H12BrNO2S. The molecule has 0 aliphatic heterocycles. The predicted octanol–water partition coefficient (Wildman–Crippen LogP) is 2.15. The Kier molecular flexibility index (Phi) is 3.45. The molecule has 5 heteroatoms. The number of aliphatic hydroxyl groups is 1. The van der Waals surface area contributed by atoms with Gasteiger partial charge in [-0.25, -0.2) is 4.98 Å². The van der Waals surface area contributed by atoms with Crippen molar-refractivity contribution < 1.29 is 9.84 Å². The van der Waals surface area contributed by atoms with E-state index in [-0.39, 0.29) is 6.10 Å². The summed E-state index contributed by atoms with van der Waals surface area (Å²) in [6.07, 6.45) is -0.273. The molecule has 74 valence electrons. The topological polar surface area (TPSA) is 42.4 Å². The molecule has 1 rings (SSSR count). The molecule has 0 aliphatic rings. The number of thiazole rings is 1. The third-order valence-corrected chi connectivity index (χ3v) is 3.83. The molecule has 0 saturated heterocycles. The number of aromatic nitrogens is 1. The van der Waals surface area contributed by atoms with Crippen molar-refractivity contribution in [2.75, 3.05) is 7.11 Å². The van der Waals surface area contributed by atoms with Gasteiger partial charge in [-0.3, -0.25) is 0 Å². The Bertz CT molecular complexity index is 287. The molecule has 1 heterocycles. The molecule has 0 aromatic carbocycles. The number of hydrogen-bond donors (Lipinski definition) is 1. The maximum Gasteiger partial charge on any atom is 0.139 e. The fourth-order valence-electron chi connectivity index (χ4n) is 0.890. The molecule has 1 aromatic heterocycles. The van der Waals surface area contributed by atoms with Crippen LogP contribution in [-0.2, 0) is 10.3 Å². The van der Waals surface area contributed by atoms with Crippen molar-refractivity contribution in [2.45, 2.75) is 25.6 Å². The maximum absolute atomic E-state index is 10.1. The van der Waals surface area contributed by atoms with E-state index in [1.807, 2.05) is 12.3 Å². The molecule has 0 saturated carbocycles. The Labute approximate surface area is 89.9 Å². The Hall–Kier alpha value is 0.0300. The van der Waals surface area contributed by atoms with Crippen LogP contribution in [0.4, 0.5) is 0 Å². The van der Waals surface area contributed by atoms with Crippen LogP contribution in [0.5, 0.6) is 0 Å². The molecule has 0 aliphatic carbocycles. The summed E-state index contributed by atoms with van der Waals surface area (Å²) in [6, 6.07) is 0. The third kappa shape index (κ3) is 2.28. The van der Waals surface area contributed by atoms with Gasteiger partial charge in [-0.2, -0.15) is 0 Å². The van der Waals surface area contributed by atoms with Crippen LogP contribution in [0.25, 0.3) is 0 Å². The van der Waals surface area contributed by atoms with Crippen LogP contribution in [0.2, 0.25) is 0 Å². The highest BCUT2D eigenvalue weighted by Gasteiger charge is 2.33. The first kappa shape index (κ1) is 11.1. The molecule has 0 amide bonds. The molecule has 2 atom stereocenters. The van der Waals surface area contributed by atoms with E-state index in [1.165, 1.54) is 11.3 Å². The highest BCUT2D eigenvalue weighted by molar-refractivity contribution is 9.10. The largest absolute Gasteiger partial charge is 0.380 e. The van der Waals surface area contributed by atoms with Gasteiger partial charge >= 0.3 is 0 Å². The van der Waals surface area contributed by atoms with E-state index < -0.39 is 5.60 Å². The van der Waals surface area contributed by atoms with Gasteiger partial charge in [0, 0.05) is 12.5 Å². The lowest BCUT2D eigenvalue weighted by molar-refractivity contribution is -0.0773. The smallest absolute Gasteiger partial charge is 0.139 e. The van der Waals surface area contributed by atoms with Crippen molar-refractivity contribution in [3.63, 3.8) is 0 Å².